The molecule has 2 aromatic heterocycles. The zero-order valence-electron chi connectivity index (χ0n) is 9.93. The van der Waals surface area contributed by atoms with Gasteiger partial charge in [-0.05, 0) is 32.2 Å². The Hall–Kier alpha value is -1.88. The van der Waals surface area contributed by atoms with Crippen LogP contribution in [0.3, 0.4) is 0 Å². The molecule has 5 heteroatoms. The first-order valence-corrected chi connectivity index (χ1v) is 5.46. The molecule has 0 aliphatic heterocycles. The summed E-state index contributed by atoms with van der Waals surface area (Å²) in [6.45, 7) is 2.89. The first kappa shape index (κ1) is 11.6. The molecule has 0 aliphatic carbocycles. The van der Waals surface area contributed by atoms with E-state index in [1.165, 1.54) is 10.7 Å². The Labute approximate surface area is 99.1 Å². The molecule has 0 atom stereocenters. The van der Waals surface area contributed by atoms with Gasteiger partial charge in [-0.15, -0.1) is 0 Å². The zero-order chi connectivity index (χ0) is 12.3. The molecule has 0 spiro atoms. The molecule has 0 unspecified atom stereocenters. The maximum Gasteiger partial charge on any atom is 0.267 e. The molecule has 5 nitrogen and oxygen atoms in total. The van der Waals surface area contributed by atoms with Gasteiger partial charge in [0.05, 0.1) is 12.2 Å². The van der Waals surface area contributed by atoms with Crippen molar-refractivity contribution in [3.8, 4) is 0 Å². The molecule has 0 saturated carbocycles. The number of aromatic nitrogens is 2. The second-order valence-electron chi connectivity index (χ2n) is 3.87. The number of nitrogens with one attached hydrogen (secondary N) is 1. The Morgan fingerprint density at radius 2 is 2.06 bits per heavy atom. The largest absolute Gasteiger partial charge is 0.463 e. The van der Waals surface area contributed by atoms with Crippen molar-refractivity contribution in [2.45, 2.75) is 20.0 Å². The van der Waals surface area contributed by atoms with Gasteiger partial charge < -0.3 is 9.73 Å². The third-order valence-electron chi connectivity index (χ3n) is 2.37. The van der Waals surface area contributed by atoms with E-state index < -0.39 is 0 Å². The minimum Gasteiger partial charge on any atom is -0.463 e. The van der Waals surface area contributed by atoms with Crippen LogP contribution < -0.4 is 10.9 Å². The van der Waals surface area contributed by atoms with Gasteiger partial charge in [-0.25, -0.2) is 4.68 Å². The third kappa shape index (κ3) is 2.82. The molecule has 0 fully saturated rings. The summed E-state index contributed by atoms with van der Waals surface area (Å²) in [4.78, 5) is 11.6. The van der Waals surface area contributed by atoms with Crippen molar-refractivity contribution < 1.29 is 4.42 Å². The normalized spacial score (nSPS) is 10.7. The Balaban J connectivity index is 2.19. The number of furan rings is 1. The van der Waals surface area contributed by atoms with Crippen LogP contribution >= 0.6 is 0 Å². The number of rotatable bonds is 4. The third-order valence-corrected chi connectivity index (χ3v) is 2.37. The summed E-state index contributed by atoms with van der Waals surface area (Å²) in [7, 11) is 1.86. The molecule has 0 aliphatic rings. The van der Waals surface area contributed by atoms with E-state index in [0.29, 0.717) is 13.1 Å². The van der Waals surface area contributed by atoms with Gasteiger partial charge in [0, 0.05) is 6.07 Å². The maximum absolute atomic E-state index is 11.6. The monoisotopic (exact) mass is 233 g/mol. The van der Waals surface area contributed by atoms with E-state index in [2.05, 4.69) is 10.4 Å². The lowest BCUT2D eigenvalue weighted by Gasteiger charge is -2.02. The van der Waals surface area contributed by atoms with E-state index in [0.717, 1.165) is 17.2 Å². The van der Waals surface area contributed by atoms with Crippen molar-refractivity contribution in [2.24, 2.45) is 0 Å². The fourth-order valence-corrected chi connectivity index (χ4v) is 1.59. The number of aryl methyl sites for hydroxylation is 1. The first-order valence-electron chi connectivity index (χ1n) is 5.46. The summed E-state index contributed by atoms with van der Waals surface area (Å²) in [6, 6.07) is 6.98. The van der Waals surface area contributed by atoms with Gasteiger partial charge in [0.25, 0.3) is 5.56 Å². The SMILES string of the molecule is CNCc1ccc(Cn2nc(C)ccc2=O)o1. The lowest BCUT2D eigenvalue weighted by molar-refractivity contribution is 0.430. The summed E-state index contributed by atoms with van der Waals surface area (Å²) in [5.74, 6) is 1.58. The van der Waals surface area contributed by atoms with Crippen LogP contribution in [0.1, 0.15) is 17.2 Å². The highest BCUT2D eigenvalue weighted by Gasteiger charge is 2.04. The van der Waals surface area contributed by atoms with Crippen molar-refractivity contribution in [1.82, 2.24) is 15.1 Å². The number of hydrogen-bond donors (Lipinski definition) is 1. The highest BCUT2D eigenvalue weighted by Crippen LogP contribution is 2.08. The van der Waals surface area contributed by atoms with Crippen molar-refractivity contribution >= 4 is 0 Å². The molecular formula is C12H15N3O2. The highest BCUT2D eigenvalue weighted by molar-refractivity contribution is 5.08. The quantitative estimate of drug-likeness (QED) is 0.852. The molecule has 17 heavy (non-hydrogen) atoms. The van der Waals surface area contributed by atoms with Crippen LogP contribution in [0.4, 0.5) is 0 Å². The molecule has 0 bridgehead atoms. The average molecular weight is 233 g/mol. The Morgan fingerprint density at radius 3 is 2.82 bits per heavy atom. The number of hydrogen-bond acceptors (Lipinski definition) is 4. The molecule has 0 saturated heterocycles. The Kier molecular flexibility index (Phi) is 3.39. The lowest BCUT2D eigenvalue weighted by Crippen LogP contribution is -2.22. The van der Waals surface area contributed by atoms with E-state index >= 15 is 0 Å². The van der Waals surface area contributed by atoms with Crippen LogP contribution in [-0.2, 0) is 13.1 Å². The van der Waals surface area contributed by atoms with Crippen LogP contribution in [-0.4, -0.2) is 16.8 Å². The molecule has 0 radical (unpaired) electrons. The van der Waals surface area contributed by atoms with Crippen molar-refractivity contribution in [3.63, 3.8) is 0 Å². The standard InChI is InChI=1S/C12H15N3O2/c1-9-3-6-12(16)15(14-9)8-11-5-4-10(17-11)7-13-2/h3-6,13H,7-8H2,1-2H3. The molecule has 2 aromatic rings. The van der Waals surface area contributed by atoms with E-state index in [1.54, 1.807) is 6.07 Å². The second kappa shape index (κ2) is 4.97. The van der Waals surface area contributed by atoms with Gasteiger partial charge in [-0.3, -0.25) is 4.79 Å². The van der Waals surface area contributed by atoms with Crippen molar-refractivity contribution in [2.75, 3.05) is 7.05 Å². The summed E-state index contributed by atoms with van der Waals surface area (Å²) >= 11 is 0. The van der Waals surface area contributed by atoms with Crippen LogP contribution in [0, 0.1) is 6.92 Å². The van der Waals surface area contributed by atoms with E-state index in [1.807, 2.05) is 26.1 Å². The minimum absolute atomic E-state index is 0.123. The molecular weight excluding hydrogens is 218 g/mol. The van der Waals surface area contributed by atoms with E-state index in [-0.39, 0.29) is 5.56 Å². The average Bonchev–Trinajstić information content (AvgIpc) is 2.72. The molecule has 1 N–H and O–H groups in total. The minimum atomic E-state index is -0.123. The van der Waals surface area contributed by atoms with Crippen LogP contribution in [0.25, 0.3) is 0 Å². The lowest BCUT2D eigenvalue weighted by atomic mass is 10.4. The number of nitrogens with zero attached hydrogens (tertiary/aromatic N) is 2. The molecule has 2 heterocycles. The highest BCUT2D eigenvalue weighted by atomic mass is 16.3. The van der Waals surface area contributed by atoms with Gasteiger partial charge >= 0.3 is 0 Å². The second-order valence-corrected chi connectivity index (χ2v) is 3.87. The van der Waals surface area contributed by atoms with Crippen LogP contribution in [0.2, 0.25) is 0 Å². The summed E-state index contributed by atoms with van der Waals surface area (Å²) in [6.07, 6.45) is 0. The fraction of sp³-hybridized carbons (Fsp3) is 0.333. The zero-order valence-corrected chi connectivity index (χ0v) is 9.93. The summed E-state index contributed by atoms with van der Waals surface area (Å²) < 4.78 is 6.96. The molecule has 2 rings (SSSR count). The molecule has 90 valence electrons. The van der Waals surface area contributed by atoms with Gasteiger partial charge in [0.15, 0.2) is 0 Å². The van der Waals surface area contributed by atoms with E-state index in [9.17, 15) is 4.79 Å². The molecule has 0 amide bonds. The predicted octanol–water partition coefficient (Wildman–Crippen LogP) is 0.912. The maximum atomic E-state index is 11.6. The smallest absolute Gasteiger partial charge is 0.267 e. The Morgan fingerprint density at radius 1 is 1.29 bits per heavy atom. The van der Waals surface area contributed by atoms with Gasteiger partial charge in [0.1, 0.15) is 18.1 Å². The first-order chi connectivity index (χ1) is 8.19. The summed E-state index contributed by atoms with van der Waals surface area (Å²) in [5.41, 5.74) is 0.689. The summed E-state index contributed by atoms with van der Waals surface area (Å²) in [5, 5.41) is 7.16. The van der Waals surface area contributed by atoms with Gasteiger partial charge in [-0.1, -0.05) is 0 Å². The van der Waals surface area contributed by atoms with Crippen molar-refractivity contribution in [1.29, 1.82) is 0 Å². The van der Waals surface area contributed by atoms with Crippen LogP contribution in [0.15, 0.2) is 33.5 Å². The van der Waals surface area contributed by atoms with Gasteiger partial charge in [-0.2, -0.15) is 5.10 Å². The van der Waals surface area contributed by atoms with Crippen LogP contribution in [0.5, 0.6) is 0 Å². The fourth-order valence-electron chi connectivity index (χ4n) is 1.59. The predicted molar refractivity (Wildman–Crippen MR) is 63.8 cm³/mol. The Bertz CT molecular complexity index is 557. The molecule has 0 aromatic carbocycles. The van der Waals surface area contributed by atoms with Crippen molar-refractivity contribution in [3.05, 3.63) is 51.8 Å². The van der Waals surface area contributed by atoms with Gasteiger partial charge in [0.2, 0.25) is 0 Å². The topological polar surface area (TPSA) is 60.1 Å². The van der Waals surface area contributed by atoms with E-state index in [4.69, 9.17) is 4.42 Å².